The Bertz CT molecular complexity index is 887. The van der Waals surface area contributed by atoms with Gasteiger partial charge in [0.2, 0.25) is 0 Å². The van der Waals surface area contributed by atoms with E-state index in [0.717, 1.165) is 25.7 Å². The van der Waals surface area contributed by atoms with Crippen molar-refractivity contribution in [1.82, 2.24) is 9.80 Å². The van der Waals surface area contributed by atoms with Crippen molar-refractivity contribution in [3.8, 4) is 0 Å². The average Bonchev–Trinajstić information content (AvgIpc) is 3.27. The number of carbonyl (C=O) groups is 2. The van der Waals surface area contributed by atoms with E-state index >= 15 is 0 Å². The topological polar surface area (TPSA) is 59.1 Å². The highest BCUT2D eigenvalue weighted by Crippen LogP contribution is 2.23. The van der Waals surface area contributed by atoms with E-state index in [9.17, 15) is 9.59 Å². The molecular formula is C57H114N2O4. The van der Waals surface area contributed by atoms with Crippen LogP contribution in [0.25, 0.3) is 0 Å². The van der Waals surface area contributed by atoms with E-state index < -0.39 is 0 Å². The van der Waals surface area contributed by atoms with Crippen LogP contribution < -0.4 is 0 Å². The van der Waals surface area contributed by atoms with Crippen LogP contribution in [0.15, 0.2) is 0 Å². The number of rotatable bonds is 51. The van der Waals surface area contributed by atoms with Crippen molar-refractivity contribution >= 4 is 11.9 Å². The maximum absolute atomic E-state index is 12.6. The van der Waals surface area contributed by atoms with Crippen LogP contribution in [-0.4, -0.2) is 74.7 Å². The zero-order chi connectivity index (χ0) is 46.3. The van der Waals surface area contributed by atoms with Crippen LogP contribution in [0, 0.1) is 11.8 Å². The fraction of sp³-hybridized carbons (Fsp3) is 0.965. The van der Waals surface area contributed by atoms with Gasteiger partial charge in [-0.15, -0.1) is 0 Å². The summed E-state index contributed by atoms with van der Waals surface area (Å²) in [6, 6.07) is 0.699. The molecule has 0 spiro atoms. The van der Waals surface area contributed by atoms with Crippen LogP contribution >= 0.6 is 0 Å². The van der Waals surface area contributed by atoms with E-state index in [4.69, 9.17) is 9.47 Å². The summed E-state index contributed by atoms with van der Waals surface area (Å²) in [6.45, 7) is 16.3. The molecule has 0 N–H and O–H groups in total. The van der Waals surface area contributed by atoms with Crippen molar-refractivity contribution in [2.24, 2.45) is 11.8 Å². The Morgan fingerprint density at radius 3 is 1.06 bits per heavy atom. The summed E-state index contributed by atoms with van der Waals surface area (Å²) >= 11 is 0. The third-order valence-electron chi connectivity index (χ3n) is 13.8. The predicted molar refractivity (Wildman–Crippen MR) is 276 cm³/mol. The highest BCUT2D eigenvalue weighted by molar-refractivity contribution is 5.69. The van der Waals surface area contributed by atoms with Crippen molar-refractivity contribution in [3.05, 3.63) is 0 Å². The molecule has 6 nitrogen and oxygen atoms in total. The van der Waals surface area contributed by atoms with Gasteiger partial charge in [0.25, 0.3) is 0 Å². The quantitative estimate of drug-likeness (QED) is 0.0448. The molecule has 0 aromatic carbocycles. The first-order valence-corrected chi connectivity index (χ1v) is 28.5. The van der Waals surface area contributed by atoms with Crippen LogP contribution in [0.4, 0.5) is 0 Å². The number of carbonyl (C=O) groups excluding carboxylic acids is 2. The van der Waals surface area contributed by atoms with Gasteiger partial charge in [-0.25, -0.2) is 0 Å². The number of unbranched alkanes of at least 4 members (excludes halogenated alkanes) is 24. The number of ether oxygens (including phenoxy) is 2. The SMILES string of the molecule is CCCCCCCCN(CCCCN(C)C)C(CCCCCCCCC(=O)OCC(CCCC)CCCCCC)CCCCCCCCC(=O)OCC(CCCC)CCCCCC. The van der Waals surface area contributed by atoms with Gasteiger partial charge in [-0.05, 0) is 116 Å². The fourth-order valence-corrected chi connectivity index (χ4v) is 9.43. The molecule has 0 aromatic heterocycles. The molecule has 6 heteroatoms. The minimum Gasteiger partial charge on any atom is -0.465 e. The number of esters is 2. The maximum atomic E-state index is 12.6. The van der Waals surface area contributed by atoms with Crippen LogP contribution in [0.1, 0.15) is 291 Å². The molecule has 0 bridgehead atoms. The molecule has 0 aliphatic rings. The molecule has 0 aliphatic heterocycles. The lowest BCUT2D eigenvalue weighted by Crippen LogP contribution is -2.37. The Hall–Kier alpha value is -1.14. The second-order valence-corrected chi connectivity index (χ2v) is 20.4. The predicted octanol–water partition coefficient (Wildman–Crippen LogP) is 17.2. The summed E-state index contributed by atoms with van der Waals surface area (Å²) in [7, 11) is 4.41. The minimum atomic E-state index is 0.0264. The number of hydrogen-bond donors (Lipinski definition) is 0. The molecule has 376 valence electrons. The molecule has 63 heavy (non-hydrogen) atoms. The third-order valence-corrected chi connectivity index (χ3v) is 13.8. The van der Waals surface area contributed by atoms with E-state index in [-0.39, 0.29) is 11.9 Å². The van der Waals surface area contributed by atoms with Gasteiger partial charge in [-0.3, -0.25) is 9.59 Å². The maximum Gasteiger partial charge on any atom is 0.305 e. The molecule has 0 saturated carbocycles. The zero-order valence-electron chi connectivity index (χ0n) is 44.1. The van der Waals surface area contributed by atoms with Crippen molar-refractivity contribution in [2.45, 2.75) is 297 Å². The molecule has 0 amide bonds. The first kappa shape index (κ1) is 61.9. The monoisotopic (exact) mass is 891 g/mol. The lowest BCUT2D eigenvalue weighted by molar-refractivity contribution is -0.146. The van der Waals surface area contributed by atoms with Crippen LogP contribution in [-0.2, 0) is 19.1 Å². The summed E-state index contributed by atoms with van der Waals surface area (Å²) in [5.41, 5.74) is 0. The Kier molecular flexibility index (Phi) is 47.9. The van der Waals surface area contributed by atoms with Gasteiger partial charge < -0.3 is 19.3 Å². The Balaban J connectivity index is 4.85. The summed E-state index contributed by atoms with van der Waals surface area (Å²) in [6.07, 6.45) is 49.2. The van der Waals surface area contributed by atoms with E-state index in [1.807, 2.05) is 0 Å². The molecular weight excluding hydrogens is 777 g/mol. The molecule has 2 atom stereocenters. The highest BCUT2D eigenvalue weighted by Gasteiger charge is 2.18. The Morgan fingerprint density at radius 2 is 0.651 bits per heavy atom. The summed E-state index contributed by atoms with van der Waals surface area (Å²) < 4.78 is 11.6. The molecule has 0 aromatic rings. The average molecular weight is 892 g/mol. The van der Waals surface area contributed by atoms with E-state index in [0.29, 0.717) is 43.9 Å². The van der Waals surface area contributed by atoms with Gasteiger partial charge in [-0.1, -0.05) is 208 Å². The molecule has 0 fully saturated rings. The molecule has 0 heterocycles. The van der Waals surface area contributed by atoms with Gasteiger partial charge >= 0.3 is 11.9 Å². The smallest absolute Gasteiger partial charge is 0.305 e. The van der Waals surface area contributed by atoms with Gasteiger partial charge in [0, 0.05) is 18.9 Å². The third kappa shape index (κ3) is 43.2. The summed E-state index contributed by atoms with van der Waals surface area (Å²) in [5.74, 6) is 1.15. The van der Waals surface area contributed by atoms with Crippen LogP contribution in [0.3, 0.4) is 0 Å². The van der Waals surface area contributed by atoms with Gasteiger partial charge in [0.15, 0.2) is 0 Å². The van der Waals surface area contributed by atoms with Crippen LogP contribution in [0.5, 0.6) is 0 Å². The highest BCUT2D eigenvalue weighted by atomic mass is 16.5. The van der Waals surface area contributed by atoms with Crippen LogP contribution in [0.2, 0.25) is 0 Å². The molecule has 2 unspecified atom stereocenters. The zero-order valence-corrected chi connectivity index (χ0v) is 44.1. The number of hydrogen-bond acceptors (Lipinski definition) is 6. The van der Waals surface area contributed by atoms with E-state index in [1.54, 1.807) is 0 Å². The van der Waals surface area contributed by atoms with Gasteiger partial charge in [0.1, 0.15) is 0 Å². The number of nitrogens with zero attached hydrogens (tertiary/aromatic N) is 2. The standard InChI is InChI=1S/C57H114N2O4/c1-8-13-18-21-30-37-49-59(50-39-38-48-58(6)7)55(44-33-26-22-24-28-35-46-56(60)62-51-53(40-16-11-4)42-31-19-14-9-2)45-34-27-23-25-29-36-47-57(61)63-52-54(41-17-12-5)43-32-20-15-10-3/h53-55H,8-52H2,1-7H3. The van der Waals surface area contributed by atoms with Crippen molar-refractivity contribution in [2.75, 3.05) is 46.9 Å². The molecule has 0 saturated heterocycles. The second-order valence-electron chi connectivity index (χ2n) is 20.4. The first-order chi connectivity index (χ1) is 30.8. The van der Waals surface area contributed by atoms with Crippen molar-refractivity contribution in [3.63, 3.8) is 0 Å². The lowest BCUT2D eigenvalue weighted by atomic mass is 9.96. The minimum absolute atomic E-state index is 0.0264. The lowest BCUT2D eigenvalue weighted by Gasteiger charge is -2.32. The summed E-state index contributed by atoms with van der Waals surface area (Å²) in [4.78, 5) is 30.4. The van der Waals surface area contributed by atoms with Gasteiger partial charge in [0.05, 0.1) is 13.2 Å². The molecule has 0 rings (SSSR count). The largest absolute Gasteiger partial charge is 0.465 e. The van der Waals surface area contributed by atoms with E-state index in [2.05, 4.69) is 58.5 Å². The second kappa shape index (κ2) is 48.8. The van der Waals surface area contributed by atoms with Gasteiger partial charge in [-0.2, -0.15) is 0 Å². The van der Waals surface area contributed by atoms with Crippen molar-refractivity contribution in [1.29, 1.82) is 0 Å². The van der Waals surface area contributed by atoms with E-state index in [1.165, 1.54) is 238 Å². The molecule has 0 aliphatic carbocycles. The first-order valence-electron chi connectivity index (χ1n) is 28.5. The fourth-order valence-electron chi connectivity index (χ4n) is 9.43. The normalized spacial score (nSPS) is 13.2. The Labute approximate surface area is 395 Å². The summed E-state index contributed by atoms with van der Waals surface area (Å²) in [5, 5.41) is 0. The molecule has 0 radical (unpaired) electrons. The van der Waals surface area contributed by atoms with Crippen molar-refractivity contribution < 1.29 is 19.1 Å². The Morgan fingerprint density at radius 1 is 0.349 bits per heavy atom.